The van der Waals surface area contributed by atoms with Crippen molar-refractivity contribution in [2.24, 2.45) is 0 Å². The number of nitrogens with zero attached hydrogens (tertiary/aromatic N) is 4. The molecule has 1 aliphatic heterocycles. The second kappa shape index (κ2) is 12.1. The Morgan fingerprint density at radius 3 is 2.38 bits per heavy atom. The maximum absolute atomic E-state index is 12.5. The number of halogens is 3. The number of rotatable bonds is 8. The van der Waals surface area contributed by atoms with E-state index in [0.29, 0.717) is 17.2 Å². The number of hydrogen-bond donors (Lipinski definition) is 2. The summed E-state index contributed by atoms with van der Waals surface area (Å²) in [6.45, 7) is 1.73. The number of hydrogen-bond acceptors (Lipinski definition) is 8. The highest BCUT2D eigenvalue weighted by molar-refractivity contribution is 5.61. The summed E-state index contributed by atoms with van der Waals surface area (Å²) in [7, 11) is 0. The molecular formula is C28H31F3N6O3. The number of piperidine rings is 1. The number of benzene rings is 2. The number of aromatic nitrogens is 2. The molecule has 12 heteroatoms. The molecule has 1 aliphatic carbocycles. The monoisotopic (exact) mass is 556 g/mol. The number of ether oxygens (including phenoxy) is 1. The minimum atomic E-state index is -4.74. The number of non-ortho nitro benzene ring substituents is 1. The Morgan fingerprint density at radius 1 is 0.950 bits per heavy atom. The van der Waals surface area contributed by atoms with E-state index in [1.165, 1.54) is 24.3 Å². The topological polar surface area (TPSA) is 105 Å². The lowest BCUT2D eigenvalue weighted by Gasteiger charge is -2.40. The van der Waals surface area contributed by atoms with Gasteiger partial charge in [0.15, 0.2) is 0 Å². The highest BCUT2D eigenvalue weighted by Crippen LogP contribution is 2.28. The van der Waals surface area contributed by atoms with Crippen molar-refractivity contribution in [1.29, 1.82) is 0 Å². The Bertz CT molecular complexity index is 1290. The predicted octanol–water partition coefficient (Wildman–Crippen LogP) is 5.93. The molecule has 3 atom stereocenters. The average molecular weight is 557 g/mol. The molecule has 0 amide bonds. The Kier molecular flexibility index (Phi) is 8.34. The van der Waals surface area contributed by atoms with Crippen LogP contribution in [0.5, 0.6) is 5.75 Å². The lowest BCUT2D eigenvalue weighted by atomic mass is 9.89. The first kappa shape index (κ1) is 27.6. The molecule has 2 aromatic carbocycles. The predicted molar refractivity (Wildman–Crippen MR) is 145 cm³/mol. The van der Waals surface area contributed by atoms with E-state index in [4.69, 9.17) is 0 Å². The number of anilines is 2. The molecule has 0 radical (unpaired) electrons. The van der Waals surface area contributed by atoms with E-state index in [1.54, 1.807) is 24.4 Å². The summed E-state index contributed by atoms with van der Waals surface area (Å²) in [4.78, 5) is 21.9. The highest BCUT2D eigenvalue weighted by Gasteiger charge is 2.31. The van der Waals surface area contributed by atoms with Gasteiger partial charge in [-0.1, -0.05) is 12.8 Å². The van der Waals surface area contributed by atoms with E-state index >= 15 is 0 Å². The molecule has 1 aromatic heterocycles. The van der Waals surface area contributed by atoms with Crippen LogP contribution >= 0.6 is 0 Å². The van der Waals surface area contributed by atoms with E-state index in [1.807, 2.05) is 12.1 Å². The second-order valence-corrected chi connectivity index (χ2v) is 10.2. The van der Waals surface area contributed by atoms with Gasteiger partial charge in [0, 0.05) is 60.8 Å². The van der Waals surface area contributed by atoms with Crippen molar-refractivity contribution >= 4 is 17.3 Å². The van der Waals surface area contributed by atoms with E-state index in [9.17, 15) is 23.3 Å². The smallest absolute Gasteiger partial charge is 0.406 e. The first-order chi connectivity index (χ1) is 19.2. The number of nitrogens with one attached hydrogen (secondary N) is 2. The van der Waals surface area contributed by atoms with Gasteiger partial charge >= 0.3 is 6.36 Å². The second-order valence-electron chi connectivity index (χ2n) is 10.2. The highest BCUT2D eigenvalue weighted by atomic mass is 19.4. The summed E-state index contributed by atoms with van der Waals surface area (Å²) < 4.78 is 41.4. The van der Waals surface area contributed by atoms with E-state index in [2.05, 4.69) is 30.2 Å². The fraction of sp³-hybridized carbons (Fsp3) is 0.429. The van der Waals surface area contributed by atoms with Crippen LogP contribution in [-0.4, -0.2) is 52.5 Å². The van der Waals surface area contributed by atoms with Crippen LogP contribution in [0, 0.1) is 10.1 Å². The fourth-order valence-corrected chi connectivity index (χ4v) is 5.52. The van der Waals surface area contributed by atoms with Gasteiger partial charge < -0.3 is 20.3 Å². The van der Waals surface area contributed by atoms with Crippen molar-refractivity contribution in [2.45, 2.75) is 63.0 Å². The Morgan fingerprint density at radius 2 is 1.68 bits per heavy atom. The minimum Gasteiger partial charge on any atom is -0.406 e. The summed E-state index contributed by atoms with van der Waals surface area (Å²) in [6, 6.07) is 14.7. The quantitative estimate of drug-likeness (QED) is 0.260. The largest absolute Gasteiger partial charge is 0.573 e. The lowest BCUT2D eigenvalue weighted by molar-refractivity contribution is -0.384. The SMILES string of the molecule is O=[N+]([O-])c1ccc(N2CCC[C@H](N[C@@H]3CCCC[C@H]3Nc3nccc(-c4ccc(OC(F)(F)F)cc4)n3)C2)cc1. The van der Waals surface area contributed by atoms with Crippen molar-refractivity contribution in [3.05, 3.63) is 70.9 Å². The zero-order valence-electron chi connectivity index (χ0n) is 21.8. The normalized spacial score (nSPS) is 21.6. The summed E-state index contributed by atoms with van der Waals surface area (Å²) >= 11 is 0. The van der Waals surface area contributed by atoms with Crippen LogP contribution in [-0.2, 0) is 0 Å². The van der Waals surface area contributed by atoms with Crippen LogP contribution in [0.15, 0.2) is 60.8 Å². The zero-order valence-corrected chi connectivity index (χ0v) is 21.8. The average Bonchev–Trinajstić information content (AvgIpc) is 2.94. The lowest BCUT2D eigenvalue weighted by Crippen LogP contribution is -2.55. The molecule has 3 aromatic rings. The maximum Gasteiger partial charge on any atom is 0.573 e. The number of nitro groups is 1. The van der Waals surface area contributed by atoms with Gasteiger partial charge in [-0.3, -0.25) is 10.1 Å². The third kappa shape index (κ3) is 7.17. The van der Waals surface area contributed by atoms with Crippen LogP contribution in [0.25, 0.3) is 11.3 Å². The van der Waals surface area contributed by atoms with Crippen LogP contribution < -0.4 is 20.3 Å². The van der Waals surface area contributed by atoms with Crippen molar-refractivity contribution in [1.82, 2.24) is 15.3 Å². The van der Waals surface area contributed by atoms with E-state index in [0.717, 1.165) is 57.3 Å². The third-order valence-electron chi connectivity index (χ3n) is 7.42. The molecule has 2 aliphatic rings. The summed E-state index contributed by atoms with van der Waals surface area (Å²) in [5.41, 5.74) is 2.33. The maximum atomic E-state index is 12.5. The number of nitro benzene ring substituents is 1. The summed E-state index contributed by atoms with van der Waals surface area (Å²) in [5.74, 6) is 0.192. The molecule has 9 nitrogen and oxygen atoms in total. The van der Waals surface area contributed by atoms with Gasteiger partial charge in [0.05, 0.1) is 10.6 Å². The van der Waals surface area contributed by atoms with Crippen molar-refractivity contribution < 1.29 is 22.8 Å². The summed E-state index contributed by atoms with van der Waals surface area (Å²) in [5, 5.41) is 18.3. The Labute approximate surface area is 229 Å². The molecular weight excluding hydrogens is 525 g/mol. The van der Waals surface area contributed by atoms with Crippen molar-refractivity contribution in [2.75, 3.05) is 23.3 Å². The molecule has 1 saturated heterocycles. The van der Waals surface area contributed by atoms with Gasteiger partial charge in [0.1, 0.15) is 5.75 Å². The zero-order chi connectivity index (χ0) is 28.1. The van der Waals surface area contributed by atoms with Crippen LogP contribution in [0.1, 0.15) is 38.5 Å². The van der Waals surface area contributed by atoms with Gasteiger partial charge in [-0.25, -0.2) is 9.97 Å². The van der Waals surface area contributed by atoms with Gasteiger partial charge in [0.2, 0.25) is 5.95 Å². The molecule has 212 valence electrons. The molecule has 0 spiro atoms. The van der Waals surface area contributed by atoms with Crippen LogP contribution in [0.4, 0.5) is 30.5 Å². The van der Waals surface area contributed by atoms with Crippen LogP contribution in [0.2, 0.25) is 0 Å². The van der Waals surface area contributed by atoms with Gasteiger partial charge in [-0.05, 0) is 68.1 Å². The molecule has 1 saturated carbocycles. The standard InChI is InChI=1S/C28H31F3N6O3/c29-28(30,31)40-23-13-7-19(8-14-23)24-15-16-32-27(34-24)35-26-6-2-1-5-25(26)33-20-4-3-17-36(18-20)21-9-11-22(12-10-21)37(38)39/h7-16,20,25-26,33H,1-6,17-18H2,(H,32,34,35)/t20-,25+,26+/m0/s1. The number of alkyl halides is 3. The first-order valence-corrected chi connectivity index (χ1v) is 13.4. The van der Waals surface area contributed by atoms with Gasteiger partial charge in [-0.15, -0.1) is 13.2 Å². The van der Waals surface area contributed by atoms with Crippen molar-refractivity contribution in [3.8, 4) is 17.0 Å². The Hall–Kier alpha value is -3.93. The van der Waals surface area contributed by atoms with E-state index < -0.39 is 6.36 Å². The third-order valence-corrected chi connectivity index (χ3v) is 7.42. The first-order valence-electron chi connectivity index (χ1n) is 13.4. The Balaban J connectivity index is 1.22. The van der Waals surface area contributed by atoms with Gasteiger partial charge in [-0.2, -0.15) is 0 Å². The molecule has 2 heterocycles. The van der Waals surface area contributed by atoms with Gasteiger partial charge in [0.25, 0.3) is 5.69 Å². The fourth-order valence-electron chi connectivity index (χ4n) is 5.52. The molecule has 0 unspecified atom stereocenters. The molecule has 2 fully saturated rings. The van der Waals surface area contributed by atoms with Crippen LogP contribution in [0.3, 0.4) is 0 Å². The molecule has 0 bridgehead atoms. The summed E-state index contributed by atoms with van der Waals surface area (Å²) in [6.07, 6.45) is 3.18. The van der Waals surface area contributed by atoms with Crippen molar-refractivity contribution in [3.63, 3.8) is 0 Å². The van der Waals surface area contributed by atoms with E-state index in [-0.39, 0.29) is 34.5 Å². The molecule has 40 heavy (non-hydrogen) atoms. The molecule has 2 N–H and O–H groups in total. The minimum absolute atomic E-state index is 0.0883. The molecule has 5 rings (SSSR count).